The minimum Gasteiger partial charge on any atom is -0.379 e. The molecule has 0 spiro atoms. The number of aromatic nitrogens is 4. The third-order valence-electron chi connectivity index (χ3n) is 6.57. The highest BCUT2D eigenvalue weighted by Gasteiger charge is 2.29. The number of imidazole rings is 1. The van der Waals surface area contributed by atoms with Crippen molar-refractivity contribution >= 4 is 57.9 Å². The van der Waals surface area contributed by atoms with Crippen LogP contribution in [0.2, 0.25) is 10.0 Å². The van der Waals surface area contributed by atoms with Crippen LogP contribution in [0.25, 0.3) is 11.2 Å². The summed E-state index contributed by atoms with van der Waals surface area (Å²) >= 11 is 12.9. The van der Waals surface area contributed by atoms with E-state index in [1.165, 1.54) is 0 Å². The molecule has 2 fully saturated rings. The fourth-order valence-corrected chi connectivity index (χ4v) is 5.29. The average Bonchev–Trinajstić information content (AvgIpc) is 3.48. The summed E-state index contributed by atoms with van der Waals surface area (Å²) in [5.41, 5.74) is 7.63. The molecular formula is C23H24Cl2N8O2. The van der Waals surface area contributed by atoms with Gasteiger partial charge in [0, 0.05) is 18.6 Å². The summed E-state index contributed by atoms with van der Waals surface area (Å²) in [6.45, 7) is 1.32. The quantitative estimate of drug-likeness (QED) is 0.444. The van der Waals surface area contributed by atoms with Crippen molar-refractivity contribution in [1.29, 1.82) is 5.26 Å². The molecule has 12 heteroatoms. The number of rotatable bonds is 6. The Morgan fingerprint density at radius 1 is 1.17 bits per heavy atom. The Labute approximate surface area is 211 Å². The maximum Gasteiger partial charge on any atom is 0.225 e. The zero-order valence-corrected chi connectivity index (χ0v) is 20.3. The van der Waals surface area contributed by atoms with Crippen LogP contribution in [0, 0.1) is 17.2 Å². The minimum absolute atomic E-state index is 0.0339. The number of benzene rings is 1. The smallest absolute Gasteiger partial charge is 0.225 e. The molecule has 0 bridgehead atoms. The summed E-state index contributed by atoms with van der Waals surface area (Å²) in [6.07, 6.45) is 5.43. The van der Waals surface area contributed by atoms with Gasteiger partial charge in [-0.05, 0) is 44.2 Å². The van der Waals surface area contributed by atoms with Crippen LogP contribution in [0.3, 0.4) is 0 Å². The molecule has 1 saturated carbocycles. The first-order valence-corrected chi connectivity index (χ1v) is 12.2. The number of primary amides is 1. The van der Waals surface area contributed by atoms with E-state index in [4.69, 9.17) is 43.6 Å². The van der Waals surface area contributed by atoms with Crippen LogP contribution < -0.4 is 16.4 Å². The standard InChI is InChI=1S/C23H24Cl2N8O2/c24-16-7-12(9-26)8-17(25)19(16)31-23-30-18-10-28-22(29-14-5-6-35-11-14)32-21(18)33(23)15-3-1-13(2-4-15)20(27)34/h7-8,10,13-15H,1-6,11H2,(H2,27,34)(H,30,31)(H,28,29,32). The molecule has 2 aliphatic rings. The number of hydrogen-bond acceptors (Lipinski definition) is 8. The average molecular weight is 515 g/mol. The normalized spacial score (nSPS) is 22.1. The van der Waals surface area contributed by atoms with E-state index in [1.807, 2.05) is 10.6 Å². The van der Waals surface area contributed by atoms with Gasteiger partial charge in [-0.25, -0.2) is 9.97 Å². The van der Waals surface area contributed by atoms with E-state index in [0.29, 0.717) is 70.4 Å². The second kappa shape index (κ2) is 9.85. The van der Waals surface area contributed by atoms with Gasteiger partial charge in [-0.2, -0.15) is 10.2 Å². The van der Waals surface area contributed by atoms with Crippen LogP contribution >= 0.6 is 23.2 Å². The van der Waals surface area contributed by atoms with Crippen LogP contribution in [0.4, 0.5) is 17.6 Å². The fraction of sp³-hybridized carbons (Fsp3) is 0.435. The molecule has 10 nitrogen and oxygen atoms in total. The van der Waals surface area contributed by atoms with Crippen LogP contribution in [0.15, 0.2) is 18.3 Å². The third-order valence-corrected chi connectivity index (χ3v) is 7.16. The number of nitrogens with zero attached hydrogens (tertiary/aromatic N) is 5. The van der Waals surface area contributed by atoms with Gasteiger partial charge in [0.1, 0.15) is 5.52 Å². The Hall–Kier alpha value is -3.13. The molecule has 1 amide bonds. The molecule has 4 N–H and O–H groups in total. The molecule has 1 saturated heterocycles. The van der Waals surface area contributed by atoms with Gasteiger partial charge in [-0.3, -0.25) is 9.36 Å². The predicted octanol–water partition coefficient (Wildman–Crippen LogP) is 4.17. The SMILES string of the molecule is N#Cc1cc(Cl)c(Nc2nc3cnc(NC4CCOC4)nc3n2C2CCC(C(N)=O)CC2)c(Cl)c1. The largest absolute Gasteiger partial charge is 0.379 e. The number of ether oxygens (including phenoxy) is 1. The molecule has 1 atom stereocenters. The molecule has 3 aromatic rings. The highest BCUT2D eigenvalue weighted by molar-refractivity contribution is 6.39. The Balaban J connectivity index is 1.54. The number of anilines is 3. The first-order chi connectivity index (χ1) is 16.9. The first kappa shape index (κ1) is 23.6. The lowest BCUT2D eigenvalue weighted by Crippen LogP contribution is -2.29. The van der Waals surface area contributed by atoms with Crippen LogP contribution in [0.1, 0.15) is 43.7 Å². The van der Waals surface area contributed by atoms with Gasteiger partial charge >= 0.3 is 0 Å². The van der Waals surface area contributed by atoms with E-state index in [0.717, 1.165) is 19.3 Å². The summed E-state index contributed by atoms with van der Waals surface area (Å²) in [5.74, 6) is 0.614. The Bertz CT molecular complexity index is 1280. The highest BCUT2D eigenvalue weighted by atomic mass is 35.5. The summed E-state index contributed by atoms with van der Waals surface area (Å²) in [5, 5.41) is 16.4. The van der Waals surface area contributed by atoms with Gasteiger partial charge in [-0.15, -0.1) is 0 Å². The second-order valence-corrected chi connectivity index (χ2v) is 9.69. The number of nitriles is 1. The van der Waals surface area contributed by atoms with Crippen LogP contribution in [-0.4, -0.2) is 44.7 Å². The monoisotopic (exact) mass is 514 g/mol. The number of carbonyl (C=O) groups is 1. The van der Waals surface area contributed by atoms with Crippen LogP contribution in [-0.2, 0) is 9.53 Å². The van der Waals surface area contributed by atoms with Gasteiger partial charge in [0.2, 0.25) is 17.8 Å². The lowest BCUT2D eigenvalue weighted by atomic mass is 9.85. The molecule has 2 aromatic heterocycles. The Morgan fingerprint density at radius 2 is 1.91 bits per heavy atom. The lowest BCUT2D eigenvalue weighted by molar-refractivity contribution is -0.122. The van der Waals surface area contributed by atoms with Crippen molar-refractivity contribution < 1.29 is 9.53 Å². The summed E-state index contributed by atoms with van der Waals surface area (Å²) in [7, 11) is 0. The molecule has 35 heavy (non-hydrogen) atoms. The maximum atomic E-state index is 11.7. The van der Waals surface area contributed by atoms with Gasteiger partial charge < -0.3 is 21.1 Å². The third kappa shape index (κ3) is 4.85. The fourth-order valence-electron chi connectivity index (χ4n) is 4.71. The molecule has 1 aromatic carbocycles. The van der Waals surface area contributed by atoms with E-state index in [-0.39, 0.29) is 23.9 Å². The van der Waals surface area contributed by atoms with Crippen molar-refractivity contribution in [1.82, 2.24) is 19.5 Å². The molecule has 0 radical (unpaired) electrons. The number of carbonyl (C=O) groups excluding carboxylic acids is 1. The molecule has 3 heterocycles. The lowest BCUT2D eigenvalue weighted by Gasteiger charge is -2.29. The van der Waals surface area contributed by atoms with Crippen molar-refractivity contribution in [2.24, 2.45) is 11.7 Å². The number of fused-ring (bicyclic) bond motifs is 1. The molecule has 1 aliphatic carbocycles. The summed E-state index contributed by atoms with van der Waals surface area (Å²) < 4.78 is 7.47. The molecular weight excluding hydrogens is 491 g/mol. The Morgan fingerprint density at radius 3 is 2.54 bits per heavy atom. The van der Waals surface area contributed by atoms with Crippen molar-refractivity contribution in [2.45, 2.75) is 44.2 Å². The Kier molecular flexibility index (Phi) is 6.65. The van der Waals surface area contributed by atoms with Gasteiger partial charge in [0.15, 0.2) is 5.65 Å². The molecule has 182 valence electrons. The second-order valence-electron chi connectivity index (χ2n) is 8.87. The first-order valence-electron chi connectivity index (χ1n) is 11.5. The van der Waals surface area contributed by atoms with E-state index >= 15 is 0 Å². The van der Waals surface area contributed by atoms with Gasteiger partial charge in [0.05, 0.1) is 46.2 Å². The van der Waals surface area contributed by atoms with E-state index in [1.54, 1.807) is 18.3 Å². The zero-order valence-electron chi connectivity index (χ0n) is 18.8. The van der Waals surface area contributed by atoms with Gasteiger partial charge in [0.25, 0.3) is 0 Å². The molecule has 1 aliphatic heterocycles. The van der Waals surface area contributed by atoms with Crippen molar-refractivity contribution in [3.05, 3.63) is 33.9 Å². The summed E-state index contributed by atoms with van der Waals surface area (Å²) in [4.78, 5) is 25.7. The van der Waals surface area contributed by atoms with E-state index in [2.05, 4.69) is 15.6 Å². The predicted molar refractivity (Wildman–Crippen MR) is 133 cm³/mol. The van der Waals surface area contributed by atoms with E-state index < -0.39 is 0 Å². The molecule has 1 unspecified atom stereocenters. The van der Waals surface area contributed by atoms with Crippen molar-refractivity contribution in [3.8, 4) is 6.07 Å². The topological polar surface area (TPSA) is 144 Å². The number of amides is 1. The van der Waals surface area contributed by atoms with Crippen molar-refractivity contribution in [2.75, 3.05) is 23.8 Å². The van der Waals surface area contributed by atoms with E-state index in [9.17, 15) is 10.1 Å². The number of nitrogens with one attached hydrogen (secondary N) is 2. The zero-order chi connectivity index (χ0) is 24.5. The number of hydrogen-bond donors (Lipinski definition) is 3. The van der Waals surface area contributed by atoms with Gasteiger partial charge in [-0.1, -0.05) is 23.2 Å². The number of halogens is 2. The molecule has 5 rings (SSSR count). The maximum absolute atomic E-state index is 11.7. The van der Waals surface area contributed by atoms with Crippen LogP contribution in [0.5, 0.6) is 0 Å². The highest BCUT2D eigenvalue weighted by Crippen LogP contribution is 2.39. The number of nitrogens with two attached hydrogens (primary N) is 1. The summed E-state index contributed by atoms with van der Waals surface area (Å²) in [6, 6.07) is 5.33. The van der Waals surface area contributed by atoms with Crippen molar-refractivity contribution in [3.63, 3.8) is 0 Å². The minimum atomic E-state index is -0.263.